The Hall–Kier alpha value is -4.43. The summed E-state index contributed by atoms with van der Waals surface area (Å²) in [4.78, 5) is 27.7. The molecule has 0 aromatic heterocycles. The molecule has 1 N–H and O–H groups in total. The predicted molar refractivity (Wildman–Crippen MR) is 157 cm³/mol. The zero-order valence-electron chi connectivity index (χ0n) is 23.2. The van der Waals surface area contributed by atoms with Crippen molar-refractivity contribution in [2.45, 2.75) is 31.9 Å². The fourth-order valence-electron chi connectivity index (χ4n) is 5.24. The number of para-hydroxylation sites is 1. The number of nitrogens with zero attached hydrogens (tertiary/aromatic N) is 1. The number of ether oxygens (including phenoxy) is 1. The van der Waals surface area contributed by atoms with Gasteiger partial charge in [0.2, 0.25) is 0 Å². The number of anilines is 1. The summed E-state index contributed by atoms with van der Waals surface area (Å²) in [6.45, 7) is 3.73. The van der Waals surface area contributed by atoms with Crippen molar-refractivity contribution in [1.29, 1.82) is 0 Å². The Morgan fingerprint density at radius 2 is 1.50 bits per heavy atom. The van der Waals surface area contributed by atoms with Gasteiger partial charge >= 0.3 is 12.1 Å². The predicted octanol–water partition coefficient (Wildman–Crippen LogP) is 7.72. The molecule has 1 aliphatic rings. The van der Waals surface area contributed by atoms with Crippen LogP contribution in [-0.2, 0) is 11.0 Å². The number of benzene rings is 4. The molecule has 1 aliphatic heterocycles. The fraction of sp³-hybridized carbons (Fsp3) is 0.235. The molecule has 1 fully saturated rings. The van der Waals surface area contributed by atoms with Crippen LogP contribution in [0.3, 0.4) is 0 Å². The van der Waals surface area contributed by atoms with Gasteiger partial charge in [0.25, 0.3) is 5.91 Å². The van der Waals surface area contributed by atoms with Crippen LogP contribution in [0.1, 0.15) is 45.8 Å². The first-order valence-corrected chi connectivity index (χ1v) is 13.8. The molecule has 5 rings (SSSR count). The molecule has 216 valence electrons. The van der Waals surface area contributed by atoms with E-state index in [2.05, 4.69) is 10.2 Å². The van der Waals surface area contributed by atoms with E-state index >= 15 is 0 Å². The lowest BCUT2D eigenvalue weighted by Crippen LogP contribution is -2.38. The summed E-state index contributed by atoms with van der Waals surface area (Å²) in [5, 5.41) is 2.91. The van der Waals surface area contributed by atoms with E-state index in [-0.39, 0.29) is 18.4 Å². The number of halogens is 3. The molecule has 1 heterocycles. The largest absolute Gasteiger partial charge is 0.425 e. The van der Waals surface area contributed by atoms with E-state index in [1.54, 1.807) is 30.3 Å². The number of esters is 1. The second kappa shape index (κ2) is 12.6. The van der Waals surface area contributed by atoms with E-state index in [9.17, 15) is 22.8 Å². The third-order valence-corrected chi connectivity index (χ3v) is 7.59. The highest BCUT2D eigenvalue weighted by Gasteiger charge is 2.30. The molecule has 0 spiro atoms. The van der Waals surface area contributed by atoms with Gasteiger partial charge in [-0.05, 0) is 97.4 Å². The molecule has 5 nitrogen and oxygen atoms in total. The van der Waals surface area contributed by atoms with Crippen LogP contribution >= 0.6 is 0 Å². The summed E-state index contributed by atoms with van der Waals surface area (Å²) in [6, 6.07) is 26.8. The van der Waals surface area contributed by atoms with Crippen LogP contribution < -0.4 is 10.1 Å². The van der Waals surface area contributed by atoms with Gasteiger partial charge in [0.1, 0.15) is 5.75 Å². The van der Waals surface area contributed by atoms with Crippen LogP contribution in [-0.4, -0.2) is 36.4 Å². The maximum atomic E-state index is 13.1. The summed E-state index contributed by atoms with van der Waals surface area (Å²) in [5.74, 6) is 0.332. The van der Waals surface area contributed by atoms with Gasteiger partial charge in [-0.1, -0.05) is 60.7 Å². The van der Waals surface area contributed by atoms with Crippen molar-refractivity contribution in [3.05, 3.63) is 119 Å². The summed E-state index contributed by atoms with van der Waals surface area (Å²) in [5.41, 5.74) is 3.43. The van der Waals surface area contributed by atoms with Gasteiger partial charge < -0.3 is 10.1 Å². The Balaban J connectivity index is 1.16. The van der Waals surface area contributed by atoms with E-state index in [0.717, 1.165) is 43.6 Å². The monoisotopic (exact) mass is 572 g/mol. The summed E-state index contributed by atoms with van der Waals surface area (Å²) in [6.07, 6.45) is -2.61. The zero-order valence-corrected chi connectivity index (χ0v) is 23.2. The van der Waals surface area contributed by atoms with Crippen LogP contribution in [0.4, 0.5) is 18.9 Å². The van der Waals surface area contributed by atoms with Crippen LogP contribution in [0, 0.1) is 6.92 Å². The van der Waals surface area contributed by atoms with Crippen molar-refractivity contribution < 1.29 is 27.5 Å². The Morgan fingerprint density at radius 1 is 0.857 bits per heavy atom. The minimum atomic E-state index is -4.42. The minimum absolute atomic E-state index is 0.250. The third-order valence-electron chi connectivity index (χ3n) is 7.59. The van der Waals surface area contributed by atoms with Gasteiger partial charge in [-0.2, -0.15) is 13.2 Å². The van der Waals surface area contributed by atoms with Crippen LogP contribution in [0.5, 0.6) is 5.75 Å². The topological polar surface area (TPSA) is 58.6 Å². The number of nitrogens with one attached hydrogen (secondary N) is 1. The number of alkyl halides is 3. The molecule has 0 atom stereocenters. The molecule has 42 heavy (non-hydrogen) atoms. The van der Waals surface area contributed by atoms with E-state index in [1.165, 1.54) is 17.7 Å². The maximum Gasteiger partial charge on any atom is 0.416 e. The Morgan fingerprint density at radius 3 is 2.17 bits per heavy atom. The van der Waals surface area contributed by atoms with Crippen molar-refractivity contribution in [3.8, 4) is 16.9 Å². The second-order valence-electron chi connectivity index (χ2n) is 10.5. The van der Waals surface area contributed by atoms with Crippen LogP contribution in [0.2, 0.25) is 0 Å². The number of likely N-dealkylation sites (tertiary alicyclic amines) is 1. The van der Waals surface area contributed by atoms with Gasteiger partial charge in [0.15, 0.2) is 0 Å². The average Bonchev–Trinajstić information content (AvgIpc) is 2.99. The van der Waals surface area contributed by atoms with Gasteiger partial charge in [0.05, 0.1) is 12.1 Å². The summed E-state index contributed by atoms with van der Waals surface area (Å²) in [7, 11) is 0. The standard InChI is InChI=1S/C34H31F3N2O3/c1-23-6-2-5-9-31(23)42-32(40)22-39-20-18-25(19-21-39)24-12-16-28(17-13-24)38-33(41)30-8-4-3-7-29(30)26-10-14-27(15-11-26)34(35,36)37/h2-17,25H,18-22H2,1H3,(H,38,41). The fourth-order valence-corrected chi connectivity index (χ4v) is 5.24. The zero-order chi connectivity index (χ0) is 29.7. The number of amides is 1. The lowest BCUT2D eigenvalue weighted by Gasteiger charge is -2.31. The average molecular weight is 573 g/mol. The number of carbonyl (C=O) groups is 2. The number of hydrogen-bond donors (Lipinski definition) is 1. The minimum Gasteiger partial charge on any atom is -0.425 e. The van der Waals surface area contributed by atoms with Gasteiger partial charge in [0, 0.05) is 11.3 Å². The van der Waals surface area contributed by atoms with Crippen molar-refractivity contribution in [3.63, 3.8) is 0 Å². The van der Waals surface area contributed by atoms with Crippen molar-refractivity contribution >= 4 is 17.6 Å². The number of hydrogen-bond acceptors (Lipinski definition) is 4. The first-order valence-electron chi connectivity index (χ1n) is 13.8. The highest BCUT2D eigenvalue weighted by Crippen LogP contribution is 2.33. The summed E-state index contributed by atoms with van der Waals surface area (Å²) < 4.78 is 44.5. The maximum absolute atomic E-state index is 13.1. The smallest absolute Gasteiger partial charge is 0.416 e. The van der Waals surface area contributed by atoms with E-state index < -0.39 is 11.7 Å². The molecule has 0 radical (unpaired) electrons. The first-order chi connectivity index (χ1) is 20.2. The highest BCUT2D eigenvalue weighted by molar-refractivity contribution is 6.08. The Bertz CT molecular complexity index is 1540. The number of rotatable bonds is 7. The van der Waals surface area contributed by atoms with Gasteiger partial charge in [-0.3, -0.25) is 14.5 Å². The summed E-state index contributed by atoms with van der Waals surface area (Å²) >= 11 is 0. The quantitative estimate of drug-likeness (QED) is 0.182. The van der Waals surface area contributed by atoms with E-state index in [4.69, 9.17) is 4.74 Å². The van der Waals surface area contributed by atoms with E-state index in [1.807, 2.05) is 49.4 Å². The number of piperidine rings is 1. The lowest BCUT2D eigenvalue weighted by atomic mass is 9.89. The number of aryl methyl sites for hydroxylation is 1. The van der Waals surface area contributed by atoms with Crippen LogP contribution in [0.15, 0.2) is 97.1 Å². The Kier molecular flexibility index (Phi) is 8.73. The van der Waals surface area contributed by atoms with Crippen molar-refractivity contribution in [1.82, 2.24) is 4.90 Å². The molecule has 0 saturated carbocycles. The normalized spacial score (nSPS) is 14.4. The van der Waals surface area contributed by atoms with E-state index in [0.29, 0.717) is 34.0 Å². The SMILES string of the molecule is Cc1ccccc1OC(=O)CN1CCC(c2ccc(NC(=O)c3ccccc3-c3ccc(C(F)(F)F)cc3)cc2)CC1. The first kappa shape index (κ1) is 29.1. The third kappa shape index (κ3) is 7.06. The van der Waals surface area contributed by atoms with Gasteiger partial charge in [-0.25, -0.2) is 0 Å². The molecule has 0 unspecified atom stereocenters. The van der Waals surface area contributed by atoms with Crippen LogP contribution in [0.25, 0.3) is 11.1 Å². The molecule has 0 bridgehead atoms. The van der Waals surface area contributed by atoms with Gasteiger partial charge in [-0.15, -0.1) is 0 Å². The molecular weight excluding hydrogens is 541 g/mol. The molecule has 4 aromatic carbocycles. The second-order valence-corrected chi connectivity index (χ2v) is 10.5. The lowest BCUT2D eigenvalue weighted by molar-refractivity contribution is -0.138. The molecular formula is C34H31F3N2O3. The molecule has 1 saturated heterocycles. The highest BCUT2D eigenvalue weighted by atomic mass is 19.4. The Labute approximate surface area is 242 Å². The van der Waals surface area contributed by atoms with Crippen molar-refractivity contribution in [2.24, 2.45) is 0 Å². The molecule has 8 heteroatoms. The molecule has 0 aliphatic carbocycles. The van der Waals surface area contributed by atoms with Crippen molar-refractivity contribution in [2.75, 3.05) is 25.0 Å². The number of carbonyl (C=O) groups excluding carboxylic acids is 2. The molecule has 4 aromatic rings. The molecule has 1 amide bonds.